The van der Waals surface area contributed by atoms with Gasteiger partial charge in [0.1, 0.15) is 0 Å². The summed E-state index contributed by atoms with van der Waals surface area (Å²) in [5, 5.41) is 9.87. The van der Waals surface area contributed by atoms with Gasteiger partial charge in [0.05, 0.1) is 0 Å². The van der Waals surface area contributed by atoms with Crippen molar-refractivity contribution >= 4 is 11.7 Å². The molecule has 0 aromatic carbocycles. The summed E-state index contributed by atoms with van der Waals surface area (Å²) in [4.78, 5) is 11.8. The maximum absolute atomic E-state index is 11.8. The van der Waals surface area contributed by atoms with Crippen LogP contribution < -0.4 is 5.32 Å². The standard InChI is InChI=1S/C12H19N3O/c1-7(2)10-6-11(15-14-10)13-12(16)8(3)9-4-5-9/h6-9H,4-5H2,1-3H3,(H2,13,14,15,16). The Morgan fingerprint density at radius 1 is 1.50 bits per heavy atom. The van der Waals surface area contributed by atoms with E-state index in [1.54, 1.807) is 0 Å². The normalized spacial score (nSPS) is 17.5. The molecule has 2 N–H and O–H groups in total. The smallest absolute Gasteiger partial charge is 0.228 e. The Balaban J connectivity index is 1.94. The van der Waals surface area contributed by atoms with Gasteiger partial charge in [0.25, 0.3) is 0 Å². The average molecular weight is 221 g/mol. The quantitative estimate of drug-likeness (QED) is 0.820. The van der Waals surface area contributed by atoms with E-state index in [-0.39, 0.29) is 11.8 Å². The molecule has 1 heterocycles. The van der Waals surface area contributed by atoms with Gasteiger partial charge < -0.3 is 5.32 Å². The van der Waals surface area contributed by atoms with Crippen LogP contribution >= 0.6 is 0 Å². The molecule has 0 radical (unpaired) electrons. The number of hydrogen-bond donors (Lipinski definition) is 2. The summed E-state index contributed by atoms with van der Waals surface area (Å²) in [6, 6.07) is 1.90. The van der Waals surface area contributed by atoms with E-state index in [0.717, 1.165) is 5.69 Å². The molecule has 1 unspecified atom stereocenters. The summed E-state index contributed by atoms with van der Waals surface area (Å²) < 4.78 is 0. The van der Waals surface area contributed by atoms with Crippen molar-refractivity contribution in [1.82, 2.24) is 10.2 Å². The number of anilines is 1. The van der Waals surface area contributed by atoms with Gasteiger partial charge in [-0.2, -0.15) is 5.10 Å². The summed E-state index contributed by atoms with van der Waals surface area (Å²) in [7, 11) is 0. The highest BCUT2D eigenvalue weighted by molar-refractivity contribution is 5.91. The summed E-state index contributed by atoms with van der Waals surface area (Å²) >= 11 is 0. The molecule has 1 aliphatic carbocycles. The predicted octanol–water partition coefficient (Wildman–Crippen LogP) is 2.52. The van der Waals surface area contributed by atoms with Crippen LogP contribution in [-0.2, 0) is 4.79 Å². The Bertz CT molecular complexity index is 379. The number of nitrogens with zero attached hydrogens (tertiary/aromatic N) is 1. The molecule has 88 valence electrons. The number of rotatable bonds is 4. The van der Waals surface area contributed by atoms with E-state index < -0.39 is 0 Å². The minimum atomic E-state index is 0.0873. The molecule has 0 saturated heterocycles. The van der Waals surface area contributed by atoms with Crippen molar-refractivity contribution in [3.63, 3.8) is 0 Å². The molecule has 16 heavy (non-hydrogen) atoms. The highest BCUT2D eigenvalue weighted by atomic mass is 16.2. The summed E-state index contributed by atoms with van der Waals surface area (Å²) in [5.74, 6) is 1.83. The molecule has 1 atom stereocenters. The third kappa shape index (κ3) is 2.43. The van der Waals surface area contributed by atoms with Gasteiger partial charge in [-0.15, -0.1) is 0 Å². The lowest BCUT2D eigenvalue weighted by atomic mass is 10.1. The van der Waals surface area contributed by atoms with Crippen LogP contribution in [0.25, 0.3) is 0 Å². The number of hydrogen-bond acceptors (Lipinski definition) is 2. The zero-order valence-electron chi connectivity index (χ0n) is 10.1. The van der Waals surface area contributed by atoms with Crippen molar-refractivity contribution in [2.24, 2.45) is 11.8 Å². The van der Waals surface area contributed by atoms with Gasteiger partial charge in [-0.05, 0) is 24.7 Å². The number of aromatic nitrogens is 2. The van der Waals surface area contributed by atoms with Crippen molar-refractivity contribution in [1.29, 1.82) is 0 Å². The van der Waals surface area contributed by atoms with Crippen molar-refractivity contribution in [3.8, 4) is 0 Å². The number of H-pyrrole nitrogens is 1. The monoisotopic (exact) mass is 221 g/mol. The van der Waals surface area contributed by atoms with Crippen molar-refractivity contribution in [2.45, 2.75) is 39.5 Å². The van der Waals surface area contributed by atoms with E-state index in [4.69, 9.17) is 0 Å². The fourth-order valence-electron chi connectivity index (χ4n) is 1.75. The van der Waals surface area contributed by atoms with Gasteiger partial charge in [-0.25, -0.2) is 0 Å². The molecule has 1 aromatic heterocycles. The topological polar surface area (TPSA) is 57.8 Å². The lowest BCUT2D eigenvalue weighted by Crippen LogP contribution is -2.21. The third-order valence-electron chi connectivity index (χ3n) is 3.21. The van der Waals surface area contributed by atoms with Gasteiger partial charge in [0.2, 0.25) is 5.91 Å². The molecule has 4 heteroatoms. The lowest BCUT2D eigenvalue weighted by molar-refractivity contribution is -0.119. The van der Waals surface area contributed by atoms with Crippen molar-refractivity contribution in [3.05, 3.63) is 11.8 Å². The van der Waals surface area contributed by atoms with Crippen LogP contribution in [0.4, 0.5) is 5.82 Å². The number of amides is 1. The molecule has 0 spiro atoms. The Hall–Kier alpha value is -1.32. The Morgan fingerprint density at radius 3 is 2.69 bits per heavy atom. The maximum Gasteiger partial charge on any atom is 0.228 e. The first-order chi connectivity index (χ1) is 7.58. The molecular weight excluding hydrogens is 202 g/mol. The van der Waals surface area contributed by atoms with E-state index in [1.165, 1.54) is 12.8 Å². The number of nitrogens with one attached hydrogen (secondary N) is 2. The minimum Gasteiger partial charge on any atom is -0.309 e. The van der Waals surface area contributed by atoms with Crippen LogP contribution in [0.3, 0.4) is 0 Å². The average Bonchev–Trinajstić information content (AvgIpc) is 2.97. The summed E-state index contributed by atoms with van der Waals surface area (Å²) in [5.41, 5.74) is 1.05. The Kier molecular flexibility index (Phi) is 2.99. The maximum atomic E-state index is 11.8. The van der Waals surface area contributed by atoms with Crippen LogP contribution in [0.5, 0.6) is 0 Å². The van der Waals surface area contributed by atoms with Crippen molar-refractivity contribution < 1.29 is 4.79 Å². The van der Waals surface area contributed by atoms with Gasteiger partial charge >= 0.3 is 0 Å². The zero-order valence-corrected chi connectivity index (χ0v) is 10.1. The molecule has 1 aliphatic rings. The van der Waals surface area contributed by atoms with Gasteiger partial charge in [-0.3, -0.25) is 9.89 Å². The van der Waals surface area contributed by atoms with E-state index in [9.17, 15) is 4.79 Å². The van der Waals surface area contributed by atoms with E-state index in [1.807, 2.05) is 13.0 Å². The predicted molar refractivity (Wildman–Crippen MR) is 63.2 cm³/mol. The molecular formula is C12H19N3O. The van der Waals surface area contributed by atoms with E-state index in [0.29, 0.717) is 17.7 Å². The van der Waals surface area contributed by atoms with Crippen LogP contribution in [0, 0.1) is 11.8 Å². The molecule has 1 amide bonds. The van der Waals surface area contributed by atoms with Crippen LogP contribution in [0.1, 0.15) is 45.2 Å². The first kappa shape index (κ1) is 11.2. The highest BCUT2D eigenvalue weighted by Gasteiger charge is 2.32. The van der Waals surface area contributed by atoms with Crippen molar-refractivity contribution in [2.75, 3.05) is 5.32 Å². The molecule has 1 aromatic rings. The number of aromatic amines is 1. The van der Waals surface area contributed by atoms with E-state index >= 15 is 0 Å². The summed E-state index contributed by atoms with van der Waals surface area (Å²) in [6.45, 7) is 6.17. The first-order valence-corrected chi connectivity index (χ1v) is 5.94. The Morgan fingerprint density at radius 2 is 2.19 bits per heavy atom. The first-order valence-electron chi connectivity index (χ1n) is 5.94. The van der Waals surface area contributed by atoms with E-state index in [2.05, 4.69) is 29.4 Å². The molecule has 0 bridgehead atoms. The van der Waals surface area contributed by atoms with Gasteiger partial charge in [0, 0.05) is 17.7 Å². The third-order valence-corrected chi connectivity index (χ3v) is 3.21. The largest absolute Gasteiger partial charge is 0.309 e. The van der Waals surface area contributed by atoms with Gasteiger partial charge in [0.15, 0.2) is 5.82 Å². The lowest BCUT2D eigenvalue weighted by Gasteiger charge is -2.08. The molecule has 2 rings (SSSR count). The molecule has 0 aliphatic heterocycles. The minimum absolute atomic E-state index is 0.0873. The highest BCUT2D eigenvalue weighted by Crippen LogP contribution is 2.36. The molecule has 1 saturated carbocycles. The fourth-order valence-corrected chi connectivity index (χ4v) is 1.75. The van der Waals surface area contributed by atoms with Crippen LogP contribution in [0.2, 0.25) is 0 Å². The second-order valence-corrected chi connectivity index (χ2v) is 4.98. The van der Waals surface area contributed by atoms with Crippen LogP contribution in [-0.4, -0.2) is 16.1 Å². The van der Waals surface area contributed by atoms with Crippen LogP contribution in [0.15, 0.2) is 6.07 Å². The van der Waals surface area contributed by atoms with Gasteiger partial charge in [-0.1, -0.05) is 20.8 Å². The molecule has 4 nitrogen and oxygen atoms in total. The summed E-state index contributed by atoms with van der Waals surface area (Å²) in [6.07, 6.45) is 2.37. The number of carbonyl (C=O) groups is 1. The Labute approximate surface area is 95.8 Å². The molecule has 1 fully saturated rings. The fraction of sp³-hybridized carbons (Fsp3) is 0.667. The second-order valence-electron chi connectivity index (χ2n) is 4.98. The SMILES string of the molecule is CC(C)c1cc(NC(=O)C(C)C2CC2)n[nH]1. The second kappa shape index (κ2) is 4.28. The number of carbonyl (C=O) groups excluding carboxylic acids is 1. The zero-order chi connectivity index (χ0) is 11.7.